The maximum Gasteiger partial charge on any atom is 0.122 e. The molecule has 0 amide bonds. The summed E-state index contributed by atoms with van der Waals surface area (Å²) in [7, 11) is 0. The van der Waals surface area contributed by atoms with Gasteiger partial charge in [-0.2, -0.15) is 0 Å². The second kappa shape index (κ2) is 7.00. The van der Waals surface area contributed by atoms with Crippen LogP contribution < -0.4 is 10.1 Å². The summed E-state index contributed by atoms with van der Waals surface area (Å²) in [6.07, 6.45) is 0. The number of benzene rings is 2. The lowest BCUT2D eigenvalue weighted by molar-refractivity contribution is 0.310. The van der Waals surface area contributed by atoms with E-state index in [2.05, 4.69) is 28.9 Å². The zero-order valence-electron chi connectivity index (χ0n) is 12.0. The Morgan fingerprint density at radius 3 is 2.41 bits per heavy atom. The van der Waals surface area contributed by atoms with Crippen LogP contribution in [0.3, 0.4) is 0 Å². The largest absolute Gasteiger partial charge is 0.508 e. The molecule has 22 heavy (non-hydrogen) atoms. The first kappa shape index (κ1) is 14.5. The molecule has 2 N–H and O–H groups in total. The fourth-order valence-corrected chi connectivity index (χ4v) is 2.65. The fourth-order valence-electron chi connectivity index (χ4n) is 2.04. The monoisotopic (exact) mass is 311 g/mol. The number of phenols is 1. The van der Waals surface area contributed by atoms with Gasteiger partial charge in [-0.1, -0.05) is 18.2 Å². The van der Waals surface area contributed by atoms with Crippen LogP contribution >= 0.6 is 11.3 Å². The van der Waals surface area contributed by atoms with Gasteiger partial charge in [0, 0.05) is 17.1 Å². The van der Waals surface area contributed by atoms with Gasteiger partial charge in [0.15, 0.2) is 0 Å². The highest BCUT2D eigenvalue weighted by molar-refractivity contribution is 7.09. The van der Waals surface area contributed by atoms with Crippen LogP contribution in [-0.2, 0) is 13.2 Å². The highest BCUT2D eigenvalue weighted by Crippen LogP contribution is 2.18. The van der Waals surface area contributed by atoms with Gasteiger partial charge in [0.05, 0.1) is 0 Å². The van der Waals surface area contributed by atoms with Crippen molar-refractivity contribution in [3.05, 3.63) is 76.5 Å². The Morgan fingerprint density at radius 1 is 0.955 bits per heavy atom. The Kier molecular flexibility index (Phi) is 4.61. The zero-order valence-corrected chi connectivity index (χ0v) is 12.8. The summed E-state index contributed by atoms with van der Waals surface area (Å²) in [5.41, 5.74) is 2.16. The Hall–Kier alpha value is -2.46. The van der Waals surface area contributed by atoms with Crippen molar-refractivity contribution < 1.29 is 9.84 Å². The maximum absolute atomic E-state index is 9.25. The van der Waals surface area contributed by atoms with E-state index in [4.69, 9.17) is 4.74 Å². The van der Waals surface area contributed by atoms with Crippen molar-refractivity contribution in [2.45, 2.75) is 13.2 Å². The van der Waals surface area contributed by atoms with E-state index in [0.717, 1.165) is 18.0 Å². The zero-order chi connectivity index (χ0) is 15.2. The molecule has 0 radical (unpaired) electrons. The Morgan fingerprint density at radius 2 is 1.73 bits per heavy atom. The van der Waals surface area contributed by atoms with Crippen LogP contribution in [0.1, 0.15) is 10.4 Å². The van der Waals surface area contributed by atoms with Crippen molar-refractivity contribution in [1.82, 2.24) is 0 Å². The molecule has 0 saturated carbocycles. The second-order valence-corrected chi connectivity index (χ2v) is 5.94. The lowest BCUT2D eigenvalue weighted by Crippen LogP contribution is -1.99. The van der Waals surface area contributed by atoms with E-state index >= 15 is 0 Å². The molecular formula is C18H17NO2S. The molecule has 0 spiro atoms. The standard InChI is InChI=1S/C18H17NO2S/c20-16-7-5-15(6-8-16)19-12-14-3-9-17(10-4-14)21-13-18-2-1-11-22-18/h1-11,19-20H,12-13H2. The van der Waals surface area contributed by atoms with E-state index in [-0.39, 0.29) is 5.75 Å². The molecule has 3 aromatic rings. The molecule has 3 rings (SSSR count). The number of aromatic hydroxyl groups is 1. The minimum atomic E-state index is 0.276. The molecule has 0 aliphatic heterocycles. The summed E-state index contributed by atoms with van der Waals surface area (Å²) in [5, 5.41) is 14.6. The average molecular weight is 311 g/mol. The Labute approximate surface area is 133 Å². The molecule has 112 valence electrons. The summed E-state index contributed by atoms with van der Waals surface area (Å²) in [4.78, 5) is 1.22. The first-order valence-electron chi connectivity index (χ1n) is 7.06. The molecule has 0 unspecified atom stereocenters. The van der Waals surface area contributed by atoms with Gasteiger partial charge in [0.2, 0.25) is 0 Å². The first-order valence-corrected chi connectivity index (χ1v) is 7.94. The number of ether oxygens (including phenoxy) is 1. The molecule has 1 heterocycles. The van der Waals surface area contributed by atoms with Crippen molar-refractivity contribution in [3.8, 4) is 11.5 Å². The van der Waals surface area contributed by atoms with Crippen molar-refractivity contribution in [2.75, 3.05) is 5.32 Å². The predicted octanol–water partition coefficient (Wildman–Crippen LogP) is 4.64. The summed E-state index contributed by atoms with van der Waals surface area (Å²) in [6.45, 7) is 1.35. The topological polar surface area (TPSA) is 41.5 Å². The number of nitrogens with one attached hydrogen (secondary N) is 1. The molecule has 0 aliphatic rings. The third-order valence-electron chi connectivity index (χ3n) is 3.25. The smallest absolute Gasteiger partial charge is 0.122 e. The van der Waals surface area contributed by atoms with Gasteiger partial charge in [0.25, 0.3) is 0 Å². The van der Waals surface area contributed by atoms with Crippen molar-refractivity contribution in [3.63, 3.8) is 0 Å². The molecule has 1 aromatic heterocycles. The number of anilines is 1. The van der Waals surface area contributed by atoms with Gasteiger partial charge in [-0.25, -0.2) is 0 Å². The SMILES string of the molecule is Oc1ccc(NCc2ccc(OCc3cccs3)cc2)cc1. The summed E-state index contributed by atoms with van der Waals surface area (Å²) in [6, 6.07) is 19.2. The Bertz CT molecular complexity index is 691. The fraction of sp³-hybridized carbons (Fsp3) is 0.111. The summed E-state index contributed by atoms with van der Waals surface area (Å²) >= 11 is 1.70. The van der Waals surface area contributed by atoms with Crippen LogP contribution in [0.5, 0.6) is 11.5 Å². The lowest BCUT2D eigenvalue weighted by atomic mass is 10.2. The molecule has 0 aliphatic carbocycles. The molecule has 2 aromatic carbocycles. The van der Waals surface area contributed by atoms with Crippen LogP contribution in [-0.4, -0.2) is 5.11 Å². The molecule has 0 saturated heterocycles. The number of rotatable bonds is 6. The quantitative estimate of drug-likeness (QED) is 0.651. The van der Waals surface area contributed by atoms with E-state index in [9.17, 15) is 5.11 Å². The number of hydrogen-bond donors (Lipinski definition) is 2. The van der Waals surface area contributed by atoms with E-state index in [1.165, 1.54) is 10.4 Å². The molecule has 0 fully saturated rings. The van der Waals surface area contributed by atoms with E-state index in [1.54, 1.807) is 23.5 Å². The lowest BCUT2D eigenvalue weighted by Gasteiger charge is -2.08. The van der Waals surface area contributed by atoms with Crippen LogP contribution in [0.15, 0.2) is 66.0 Å². The molecule has 3 nitrogen and oxygen atoms in total. The van der Waals surface area contributed by atoms with Crippen LogP contribution in [0, 0.1) is 0 Å². The highest BCUT2D eigenvalue weighted by Gasteiger charge is 1.99. The maximum atomic E-state index is 9.25. The van der Waals surface area contributed by atoms with Gasteiger partial charge in [-0.05, 0) is 53.4 Å². The minimum absolute atomic E-state index is 0.276. The average Bonchev–Trinajstić information content (AvgIpc) is 3.07. The van der Waals surface area contributed by atoms with E-state index in [1.807, 2.05) is 30.3 Å². The highest BCUT2D eigenvalue weighted by atomic mass is 32.1. The third kappa shape index (κ3) is 4.02. The number of hydrogen-bond acceptors (Lipinski definition) is 4. The van der Waals surface area contributed by atoms with Gasteiger partial charge in [0.1, 0.15) is 18.1 Å². The predicted molar refractivity (Wildman–Crippen MR) is 90.5 cm³/mol. The van der Waals surface area contributed by atoms with E-state index in [0.29, 0.717) is 6.61 Å². The van der Waals surface area contributed by atoms with Crippen molar-refractivity contribution in [1.29, 1.82) is 0 Å². The van der Waals surface area contributed by atoms with Crippen molar-refractivity contribution in [2.24, 2.45) is 0 Å². The van der Waals surface area contributed by atoms with Gasteiger partial charge in [-0.15, -0.1) is 11.3 Å². The van der Waals surface area contributed by atoms with E-state index < -0.39 is 0 Å². The molecule has 0 atom stereocenters. The Balaban J connectivity index is 1.51. The second-order valence-electron chi connectivity index (χ2n) is 4.91. The first-order chi connectivity index (χ1) is 10.8. The molecular weight excluding hydrogens is 294 g/mol. The molecule has 0 bridgehead atoms. The van der Waals surface area contributed by atoms with Crippen LogP contribution in [0.25, 0.3) is 0 Å². The van der Waals surface area contributed by atoms with Gasteiger partial charge in [-0.3, -0.25) is 0 Å². The molecule has 4 heteroatoms. The van der Waals surface area contributed by atoms with Gasteiger partial charge < -0.3 is 15.2 Å². The minimum Gasteiger partial charge on any atom is -0.508 e. The van der Waals surface area contributed by atoms with Crippen LogP contribution in [0.2, 0.25) is 0 Å². The number of thiophene rings is 1. The normalized spacial score (nSPS) is 10.4. The van der Waals surface area contributed by atoms with Crippen LogP contribution in [0.4, 0.5) is 5.69 Å². The summed E-state index contributed by atoms with van der Waals surface area (Å²) in [5.74, 6) is 1.15. The third-order valence-corrected chi connectivity index (χ3v) is 4.10. The summed E-state index contributed by atoms with van der Waals surface area (Å²) < 4.78 is 5.74. The van der Waals surface area contributed by atoms with Gasteiger partial charge >= 0.3 is 0 Å². The van der Waals surface area contributed by atoms with Crippen molar-refractivity contribution >= 4 is 17.0 Å². The number of phenolic OH excluding ortho intramolecular Hbond substituents is 1.